The predicted octanol–water partition coefficient (Wildman–Crippen LogP) is 3.33. The van der Waals surface area contributed by atoms with Gasteiger partial charge in [-0.25, -0.2) is 28.1 Å². The summed E-state index contributed by atoms with van der Waals surface area (Å²) in [7, 11) is -4.10. The number of sulfonamides is 1. The molecule has 1 aromatic carbocycles. The number of primary sulfonamides is 1. The zero-order valence-corrected chi connectivity index (χ0v) is 23.2. The van der Waals surface area contributed by atoms with Crippen LogP contribution in [0.1, 0.15) is 42.3 Å². The molecule has 1 saturated heterocycles. The van der Waals surface area contributed by atoms with Gasteiger partial charge in [-0.3, -0.25) is 4.98 Å². The van der Waals surface area contributed by atoms with E-state index in [9.17, 15) is 18.0 Å². The van der Waals surface area contributed by atoms with Gasteiger partial charge in [0.2, 0.25) is 10.0 Å². The van der Waals surface area contributed by atoms with Crippen molar-refractivity contribution in [2.75, 3.05) is 18.5 Å². The first-order valence-corrected chi connectivity index (χ1v) is 15.2. The quantitative estimate of drug-likeness (QED) is 0.311. The third-order valence-corrected chi connectivity index (χ3v) is 8.91. The summed E-state index contributed by atoms with van der Waals surface area (Å²) in [4.78, 5) is 33.7. The highest BCUT2D eigenvalue weighted by atomic mass is 32.2. The third-order valence-electron chi connectivity index (χ3n) is 6.77. The minimum atomic E-state index is -4.10. The summed E-state index contributed by atoms with van der Waals surface area (Å²) in [6, 6.07) is 9.49. The largest absolute Gasteiger partial charge is 0.441 e. The molecule has 212 valence electrons. The van der Waals surface area contributed by atoms with Crippen LogP contribution in [0.4, 0.5) is 15.3 Å². The van der Waals surface area contributed by atoms with Gasteiger partial charge in [0.15, 0.2) is 6.10 Å². The number of hydrogen-bond acceptors (Lipinski definition) is 9. The number of nitrogens with zero attached hydrogens (tertiary/aromatic N) is 2. The van der Waals surface area contributed by atoms with E-state index in [0.29, 0.717) is 29.3 Å². The minimum absolute atomic E-state index is 0.0411. The van der Waals surface area contributed by atoms with Crippen molar-refractivity contribution in [1.82, 2.24) is 20.6 Å². The molecule has 2 aromatic heterocycles. The van der Waals surface area contributed by atoms with E-state index in [2.05, 4.69) is 25.9 Å². The number of thiazole rings is 1. The Balaban J connectivity index is 1.21. The lowest BCUT2D eigenvalue weighted by molar-refractivity contribution is -0.0985. The van der Waals surface area contributed by atoms with Crippen LogP contribution in [0.3, 0.4) is 0 Å². The zero-order chi connectivity index (χ0) is 28.1. The van der Waals surface area contributed by atoms with E-state index in [1.807, 2.05) is 6.07 Å². The molecule has 0 atom stereocenters. The summed E-state index contributed by atoms with van der Waals surface area (Å²) >= 11 is 1.42. The molecule has 12 nitrogen and oxygen atoms in total. The average Bonchev–Trinajstić information content (AvgIpc) is 3.40. The molecule has 1 aliphatic carbocycles. The highest BCUT2D eigenvalue weighted by Crippen LogP contribution is 2.39. The molecule has 14 heteroatoms. The number of carbonyl (C=O) groups is 2. The number of nitrogens with one attached hydrogen (secondary N) is 3. The van der Waals surface area contributed by atoms with Crippen molar-refractivity contribution in [3.05, 3.63) is 59.5 Å². The number of amides is 3. The van der Waals surface area contributed by atoms with E-state index in [1.165, 1.54) is 17.4 Å². The summed E-state index contributed by atoms with van der Waals surface area (Å²) in [5.41, 5.74) is 1.39. The fourth-order valence-corrected chi connectivity index (χ4v) is 6.57. The van der Waals surface area contributed by atoms with Gasteiger partial charge < -0.3 is 25.4 Å². The van der Waals surface area contributed by atoms with Gasteiger partial charge in [0.05, 0.1) is 40.2 Å². The van der Waals surface area contributed by atoms with Crippen LogP contribution in [0.15, 0.2) is 53.7 Å². The second-order valence-corrected chi connectivity index (χ2v) is 12.3. The molecule has 0 unspecified atom stereocenters. The van der Waals surface area contributed by atoms with Gasteiger partial charge in [0.25, 0.3) is 0 Å². The summed E-state index contributed by atoms with van der Waals surface area (Å²) in [5.74, 6) is 0.203. The van der Waals surface area contributed by atoms with E-state index in [0.717, 1.165) is 30.7 Å². The minimum Gasteiger partial charge on any atom is -0.441 e. The molecule has 1 saturated carbocycles. The maximum Gasteiger partial charge on any atom is 0.407 e. The molecule has 0 radical (unpaired) electrons. The third kappa shape index (κ3) is 7.13. The topological polar surface area (TPSA) is 175 Å². The molecule has 3 heterocycles. The second kappa shape index (κ2) is 12.3. The molecule has 0 bridgehead atoms. The van der Waals surface area contributed by atoms with E-state index in [1.54, 1.807) is 36.7 Å². The molecule has 40 heavy (non-hydrogen) atoms. The van der Waals surface area contributed by atoms with Crippen LogP contribution < -0.4 is 21.1 Å². The fourth-order valence-electron chi connectivity index (χ4n) is 4.61. The first kappa shape index (κ1) is 28.0. The first-order valence-electron chi connectivity index (χ1n) is 12.9. The first-order chi connectivity index (χ1) is 19.2. The Bertz CT molecular complexity index is 1450. The average molecular weight is 587 g/mol. The van der Waals surface area contributed by atoms with Crippen LogP contribution in [0.25, 0.3) is 10.4 Å². The number of hydrogen-bond donors (Lipinski definition) is 4. The van der Waals surface area contributed by atoms with Crippen molar-refractivity contribution in [3.63, 3.8) is 0 Å². The van der Waals surface area contributed by atoms with Crippen molar-refractivity contribution in [3.8, 4) is 10.4 Å². The molecule has 3 amide bonds. The number of urea groups is 1. The van der Waals surface area contributed by atoms with Gasteiger partial charge in [0, 0.05) is 35.6 Å². The number of carbonyl (C=O) groups excluding carboxylic acids is 2. The van der Waals surface area contributed by atoms with Crippen molar-refractivity contribution in [2.24, 2.45) is 5.14 Å². The SMILES string of the molecule is NS(=O)(=O)c1cc(NC(=O)NCc2ccccn2)ccc1-c1cnc([C@H]2CC[C@H](NC(=O)OC3COC3)CC2)s1. The Labute approximate surface area is 235 Å². The highest BCUT2D eigenvalue weighted by molar-refractivity contribution is 7.89. The Morgan fingerprint density at radius 3 is 2.58 bits per heavy atom. The Hall–Kier alpha value is -3.59. The van der Waals surface area contributed by atoms with E-state index < -0.39 is 22.1 Å². The molecule has 1 aliphatic heterocycles. The summed E-state index contributed by atoms with van der Waals surface area (Å²) < 4.78 is 35.2. The van der Waals surface area contributed by atoms with Crippen LogP contribution in [0, 0.1) is 0 Å². The molecule has 3 aromatic rings. The van der Waals surface area contributed by atoms with E-state index in [4.69, 9.17) is 14.6 Å². The molecule has 0 spiro atoms. The Kier molecular flexibility index (Phi) is 8.59. The van der Waals surface area contributed by atoms with E-state index >= 15 is 0 Å². The van der Waals surface area contributed by atoms with Gasteiger partial charge in [-0.1, -0.05) is 12.1 Å². The number of pyridine rings is 1. The van der Waals surface area contributed by atoms with Gasteiger partial charge in [0.1, 0.15) is 0 Å². The molecule has 2 fully saturated rings. The number of alkyl carbamates (subject to hydrolysis) is 1. The predicted molar refractivity (Wildman–Crippen MR) is 148 cm³/mol. The number of rotatable bonds is 8. The summed E-state index contributed by atoms with van der Waals surface area (Å²) in [6.07, 6.45) is 5.97. The number of ether oxygens (including phenoxy) is 2. The number of anilines is 1. The number of aromatic nitrogens is 2. The maximum atomic E-state index is 12.5. The van der Waals surface area contributed by atoms with Crippen molar-refractivity contribution in [2.45, 2.75) is 55.2 Å². The van der Waals surface area contributed by atoms with Crippen LogP contribution >= 0.6 is 11.3 Å². The zero-order valence-electron chi connectivity index (χ0n) is 21.5. The van der Waals surface area contributed by atoms with Gasteiger partial charge in [-0.05, 0) is 49.9 Å². The van der Waals surface area contributed by atoms with Gasteiger partial charge in [-0.15, -0.1) is 11.3 Å². The maximum absolute atomic E-state index is 12.5. The second-order valence-electron chi connectivity index (χ2n) is 9.71. The molecular formula is C26H30N6O6S2. The van der Waals surface area contributed by atoms with Crippen molar-refractivity contribution in [1.29, 1.82) is 0 Å². The molecular weight excluding hydrogens is 556 g/mol. The summed E-state index contributed by atoms with van der Waals surface area (Å²) in [5, 5.41) is 14.7. The lowest BCUT2D eigenvalue weighted by Crippen LogP contribution is -2.44. The van der Waals surface area contributed by atoms with Crippen LogP contribution in [-0.2, 0) is 26.0 Å². The molecule has 2 aliphatic rings. The monoisotopic (exact) mass is 586 g/mol. The van der Waals surface area contributed by atoms with Crippen LogP contribution in [-0.4, -0.2) is 55.9 Å². The smallest absolute Gasteiger partial charge is 0.407 e. The summed E-state index contributed by atoms with van der Waals surface area (Å²) in [6.45, 7) is 1.11. The van der Waals surface area contributed by atoms with Gasteiger partial charge in [-0.2, -0.15) is 0 Å². The number of benzene rings is 1. The lowest BCUT2D eigenvalue weighted by atomic mass is 9.86. The lowest BCUT2D eigenvalue weighted by Gasteiger charge is -2.30. The number of nitrogens with two attached hydrogens (primary N) is 1. The van der Waals surface area contributed by atoms with Gasteiger partial charge >= 0.3 is 12.1 Å². The van der Waals surface area contributed by atoms with E-state index in [-0.39, 0.29) is 35.2 Å². The Morgan fingerprint density at radius 2 is 1.90 bits per heavy atom. The standard InChI is InChI=1S/C26H30N6O6S2/c27-40(35,36)23-11-18(31-25(33)30-12-19-3-1-2-10-28-19)8-9-21(23)22-13-29-24(39-22)16-4-6-17(7-5-16)32-26(34)38-20-14-37-15-20/h1-3,8-11,13,16-17,20H,4-7,12,14-15H2,(H,32,34)(H2,27,35,36)(H2,30,31,33)/t16-,17-. The normalized spacial score (nSPS) is 19.3. The van der Waals surface area contributed by atoms with Crippen molar-refractivity contribution < 1.29 is 27.5 Å². The molecule has 5 rings (SSSR count). The fraction of sp³-hybridized carbons (Fsp3) is 0.385. The van der Waals surface area contributed by atoms with Crippen molar-refractivity contribution >= 4 is 39.2 Å². The highest BCUT2D eigenvalue weighted by Gasteiger charge is 2.28. The molecule has 5 N–H and O–H groups in total. The Morgan fingerprint density at radius 1 is 1.10 bits per heavy atom. The van der Waals surface area contributed by atoms with Crippen LogP contribution in [0.2, 0.25) is 0 Å². The van der Waals surface area contributed by atoms with Crippen LogP contribution in [0.5, 0.6) is 0 Å².